The Morgan fingerprint density at radius 2 is 1.05 bits per heavy atom. The maximum atomic E-state index is 7.58. The van der Waals surface area contributed by atoms with Crippen LogP contribution in [0.2, 0.25) is 52.9 Å². The molecule has 0 spiro atoms. The molecule has 0 saturated carbocycles. The van der Waals surface area contributed by atoms with Gasteiger partial charge in [-0.2, -0.15) is 0 Å². The third-order valence-electron chi connectivity index (χ3n) is 8.61. The lowest BCUT2D eigenvalue weighted by Crippen LogP contribution is -2.56. The fraction of sp³-hybridized carbons (Fsp3) is 0.824. The van der Waals surface area contributed by atoms with Gasteiger partial charge in [0.25, 0.3) is 0 Å². The minimum absolute atomic E-state index is 0.0431. The molecular formula is C34H68O2Si3. The van der Waals surface area contributed by atoms with Crippen molar-refractivity contribution < 1.29 is 8.85 Å². The summed E-state index contributed by atoms with van der Waals surface area (Å²) >= 11 is 0. The van der Waals surface area contributed by atoms with Gasteiger partial charge in [-0.25, -0.2) is 0 Å². The van der Waals surface area contributed by atoms with Crippen molar-refractivity contribution in [3.05, 3.63) is 24.3 Å². The maximum Gasteiger partial charge on any atom is 0.201 e. The number of unbranched alkanes of at least 4 members (excludes halogenated alkanes) is 2. The van der Waals surface area contributed by atoms with E-state index in [0.717, 1.165) is 6.42 Å². The fourth-order valence-corrected chi connectivity index (χ4v) is 18.6. The molecule has 0 aliphatic rings. The molecule has 0 N–H and O–H groups in total. The van der Waals surface area contributed by atoms with Gasteiger partial charge in [0.05, 0.1) is 12.2 Å². The first-order valence-electron chi connectivity index (χ1n) is 16.1. The molecule has 0 bridgehead atoms. The highest BCUT2D eigenvalue weighted by Gasteiger charge is 2.50. The first-order chi connectivity index (χ1) is 17.9. The van der Waals surface area contributed by atoms with Gasteiger partial charge in [-0.3, -0.25) is 0 Å². The topological polar surface area (TPSA) is 18.5 Å². The molecule has 0 rings (SSSR count). The van der Waals surface area contributed by atoms with Crippen LogP contribution in [-0.4, -0.2) is 36.9 Å². The lowest BCUT2D eigenvalue weighted by atomic mass is 10.1. The van der Waals surface area contributed by atoms with E-state index in [4.69, 9.17) is 8.85 Å². The highest BCUT2D eigenvalue weighted by Crippen LogP contribution is 2.47. The van der Waals surface area contributed by atoms with Crippen LogP contribution in [0.25, 0.3) is 0 Å². The van der Waals surface area contributed by atoms with Crippen molar-refractivity contribution in [1.82, 2.24) is 0 Å². The summed E-state index contributed by atoms with van der Waals surface area (Å²) < 4.78 is 15.1. The van der Waals surface area contributed by atoms with Crippen molar-refractivity contribution in [3.8, 4) is 11.5 Å². The molecule has 0 aromatic rings. The van der Waals surface area contributed by atoms with Crippen LogP contribution in [0.4, 0.5) is 0 Å². The summed E-state index contributed by atoms with van der Waals surface area (Å²) in [6, 6.07) is 0. The molecule has 5 heteroatoms. The molecule has 39 heavy (non-hydrogen) atoms. The Bertz CT molecular complexity index is 748. The van der Waals surface area contributed by atoms with Crippen LogP contribution in [0, 0.1) is 11.5 Å². The molecule has 0 aromatic carbocycles. The monoisotopic (exact) mass is 592 g/mol. The van der Waals surface area contributed by atoms with Crippen molar-refractivity contribution in [3.63, 3.8) is 0 Å². The smallest absolute Gasteiger partial charge is 0.201 e. The Morgan fingerprint density at radius 3 is 1.44 bits per heavy atom. The van der Waals surface area contributed by atoms with Crippen LogP contribution in [0.5, 0.6) is 0 Å². The summed E-state index contributed by atoms with van der Waals surface area (Å²) in [5, 5.41) is 0. The Morgan fingerprint density at radius 1 is 0.615 bits per heavy atom. The number of hydrogen-bond acceptors (Lipinski definition) is 2. The molecule has 0 aromatic heterocycles. The van der Waals surface area contributed by atoms with Crippen LogP contribution in [0.3, 0.4) is 0 Å². The Balaban J connectivity index is 6.88. The molecule has 0 amide bonds. The highest BCUT2D eigenvalue weighted by molar-refractivity contribution is 6.84. The highest BCUT2D eigenvalue weighted by atomic mass is 28.4. The number of hydrogen-bond donors (Lipinski definition) is 0. The largest absolute Gasteiger partial charge is 0.410 e. The van der Waals surface area contributed by atoms with Gasteiger partial charge in [-0.1, -0.05) is 153 Å². The van der Waals surface area contributed by atoms with E-state index in [9.17, 15) is 0 Å². The average molecular weight is 593 g/mol. The summed E-state index contributed by atoms with van der Waals surface area (Å²) in [6.45, 7) is 37.9. The van der Waals surface area contributed by atoms with Gasteiger partial charge in [0.15, 0.2) is 0 Å². The second-order valence-electron chi connectivity index (χ2n) is 14.6. The molecular weight excluding hydrogens is 525 g/mol. The Kier molecular flexibility index (Phi) is 17.4. The second-order valence-corrected chi connectivity index (χ2v) is 30.2. The quantitative estimate of drug-likeness (QED) is 0.0723. The summed E-state index contributed by atoms with van der Waals surface area (Å²) in [5.74, 6) is 3.28. The van der Waals surface area contributed by atoms with Crippen molar-refractivity contribution in [2.45, 2.75) is 181 Å². The van der Waals surface area contributed by atoms with Crippen LogP contribution in [0.15, 0.2) is 24.3 Å². The predicted molar refractivity (Wildman–Crippen MR) is 185 cm³/mol. The zero-order valence-corrected chi connectivity index (χ0v) is 32.1. The summed E-state index contributed by atoms with van der Waals surface area (Å²) in [6.07, 6.45) is 13.3. The zero-order valence-electron chi connectivity index (χ0n) is 29.1. The van der Waals surface area contributed by atoms with Gasteiger partial charge in [0.1, 0.15) is 8.07 Å². The van der Waals surface area contributed by atoms with E-state index in [1.54, 1.807) is 0 Å². The molecule has 0 saturated heterocycles. The molecule has 2 nitrogen and oxygen atoms in total. The van der Waals surface area contributed by atoms with Crippen molar-refractivity contribution in [1.29, 1.82) is 0 Å². The van der Waals surface area contributed by atoms with Gasteiger partial charge in [-0.15, -0.1) is 5.54 Å². The minimum atomic E-state index is -2.12. The van der Waals surface area contributed by atoms with Gasteiger partial charge in [0, 0.05) is 0 Å². The third-order valence-corrected chi connectivity index (χ3v) is 21.7. The minimum Gasteiger partial charge on any atom is -0.410 e. The van der Waals surface area contributed by atoms with Gasteiger partial charge >= 0.3 is 0 Å². The van der Waals surface area contributed by atoms with E-state index in [1.807, 2.05) is 6.08 Å². The maximum absolute atomic E-state index is 7.58. The lowest BCUT2D eigenvalue weighted by molar-refractivity contribution is 0.0504. The van der Waals surface area contributed by atoms with Crippen LogP contribution in [-0.2, 0) is 8.85 Å². The van der Waals surface area contributed by atoms with Gasteiger partial charge in [0.2, 0.25) is 16.6 Å². The summed E-state index contributed by atoms with van der Waals surface area (Å²) in [5.41, 5.74) is 6.69. The normalized spacial score (nSPS) is 15.5. The number of allylic oxidation sites excluding steroid dienone is 3. The zero-order chi connectivity index (χ0) is 30.6. The van der Waals surface area contributed by atoms with E-state index in [1.165, 1.54) is 19.3 Å². The Hall–Kier alpha value is -0.389. The fourth-order valence-electron chi connectivity index (χ4n) is 6.97. The van der Waals surface area contributed by atoms with E-state index in [2.05, 4.69) is 139 Å². The first kappa shape index (κ1) is 38.6. The summed E-state index contributed by atoms with van der Waals surface area (Å²) in [7, 11) is -5.58. The molecule has 0 radical (unpaired) electrons. The van der Waals surface area contributed by atoms with E-state index < -0.39 is 24.7 Å². The summed E-state index contributed by atoms with van der Waals surface area (Å²) in [4.78, 5) is 0. The number of rotatable bonds is 17. The van der Waals surface area contributed by atoms with E-state index in [-0.39, 0.29) is 12.2 Å². The SMILES string of the molecule is CCCCC[C@H](O[Si](C(C)C)(C(C)C)C(C)C)[C@@H](/C=C/C=C/C#C[Si](C)(C)C)O[Si](C(C)C)(C(C)C)C(C)C. The van der Waals surface area contributed by atoms with Crippen LogP contribution >= 0.6 is 0 Å². The molecule has 228 valence electrons. The van der Waals surface area contributed by atoms with Crippen LogP contribution < -0.4 is 0 Å². The van der Waals surface area contributed by atoms with Crippen molar-refractivity contribution >= 4 is 24.7 Å². The third kappa shape index (κ3) is 11.4. The molecule has 0 aliphatic carbocycles. The van der Waals surface area contributed by atoms with E-state index >= 15 is 0 Å². The standard InChI is InChI=1S/C34H68O2Si3/c1-17-18-21-24-33(35-38(27(2)3,28(4)5)29(6)7)34(25-22-19-20-23-26-37(14,15)16)36-39(30(8)9,31(10)11)32(12)13/h19-20,22,25,27-34H,17-18,21,24H2,1-16H3/b20-19+,25-22+/t33-,34+/m0/s1. The molecule has 0 unspecified atom stereocenters. The van der Waals surface area contributed by atoms with Crippen molar-refractivity contribution in [2.75, 3.05) is 0 Å². The van der Waals surface area contributed by atoms with Crippen molar-refractivity contribution in [2.24, 2.45) is 0 Å². The molecule has 0 aliphatic heterocycles. The Labute approximate surface area is 249 Å². The van der Waals surface area contributed by atoms with E-state index in [0.29, 0.717) is 33.2 Å². The lowest BCUT2D eigenvalue weighted by Gasteiger charge is -2.49. The average Bonchev–Trinajstić information content (AvgIpc) is 2.78. The molecule has 0 heterocycles. The molecule has 2 atom stereocenters. The molecule has 0 fully saturated rings. The second kappa shape index (κ2) is 17.5. The predicted octanol–water partition coefficient (Wildman–Crippen LogP) is 11.7. The van der Waals surface area contributed by atoms with Gasteiger partial charge in [-0.05, 0) is 45.7 Å². The first-order valence-corrected chi connectivity index (χ1v) is 23.9. The van der Waals surface area contributed by atoms with Crippen LogP contribution in [0.1, 0.15) is 116 Å². The van der Waals surface area contributed by atoms with Gasteiger partial charge < -0.3 is 8.85 Å².